The molecule has 2 aliphatic heterocycles. The van der Waals surface area contributed by atoms with Crippen LogP contribution in [-0.2, 0) is 9.53 Å². The van der Waals surface area contributed by atoms with Gasteiger partial charge < -0.3 is 19.0 Å². The number of morpholine rings is 1. The fourth-order valence-electron chi connectivity index (χ4n) is 4.13. The van der Waals surface area contributed by atoms with E-state index in [2.05, 4.69) is 0 Å². The van der Waals surface area contributed by atoms with Crippen LogP contribution in [0.2, 0.25) is 0 Å². The predicted molar refractivity (Wildman–Crippen MR) is 101 cm³/mol. The van der Waals surface area contributed by atoms with E-state index in [0.717, 1.165) is 12.8 Å². The van der Waals surface area contributed by atoms with E-state index >= 15 is 0 Å². The first-order valence-electron chi connectivity index (χ1n) is 9.43. The zero-order valence-corrected chi connectivity index (χ0v) is 16.0. The molecule has 1 aromatic heterocycles. The molecule has 2 saturated heterocycles. The van der Waals surface area contributed by atoms with Crippen molar-refractivity contribution >= 4 is 17.5 Å². The van der Waals surface area contributed by atoms with Crippen LogP contribution < -0.4 is 4.90 Å². The lowest BCUT2D eigenvalue weighted by molar-refractivity contribution is -0.144. The molecule has 0 bridgehead atoms. The maximum atomic E-state index is 13.6. The highest BCUT2D eigenvalue weighted by atomic mass is 19.1. The molecule has 1 atom stereocenters. The van der Waals surface area contributed by atoms with Crippen molar-refractivity contribution in [3.05, 3.63) is 53.2 Å². The van der Waals surface area contributed by atoms with Gasteiger partial charge in [0.05, 0.1) is 18.7 Å². The molecule has 2 aliphatic rings. The van der Waals surface area contributed by atoms with Gasteiger partial charge in [0.1, 0.15) is 29.5 Å². The molecule has 3 heterocycles. The molecule has 2 amide bonds. The molecule has 6 nitrogen and oxygen atoms in total. The Labute approximate surface area is 162 Å². The maximum absolute atomic E-state index is 13.6. The van der Waals surface area contributed by atoms with Gasteiger partial charge in [0.25, 0.3) is 11.8 Å². The Hall–Kier alpha value is -2.67. The van der Waals surface area contributed by atoms with E-state index in [-0.39, 0.29) is 18.4 Å². The van der Waals surface area contributed by atoms with Crippen LogP contribution in [0.15, 0.2) is 34.7 Å². The minimum atomic E-state index is -0.652. The van der Waals surface area contributed by atoms with E-state index < -0.39 is 11.4 Å². The monoisotopic (exact) mass is 386 g/mol. The first-order valence-corrected chi connectivity index (χ1v) is 9.43. The van der Waals surface area contributed by atoms with E-state index in [0.29, 0.717) is 42.4 Å². The average molecular weight is 386 g/mol. The van der Waals surface area contributed by atoms with Crippen LogP contribution in [0.1, 0.15) is 34.7 Å². The molecule has 0 N–H and O–H groups in total. The summed E-state index contributed by atoms with van der Waals surface area (Å²) >= 11 is 0. The summed E-state index contributed by atoms with van der Waals surface area (Å²) in [6, 6.07) is 7.74. The summed E-state index contributed by atoms with van der Waals surface area (Å²) in [5.74, 6) is 0.608. The Morgan fingerprint density at radius 1 is 1.21 bits per heavy atom. The van der Waals surface area contributed by atoms with Gasteiger partial charge in [0.2, 0.25) is 0 Å². The van der Waals surface area contributed by atoms with Gasteiger partial charge in [0.15, 0.2) is 0 Å². The van der Waals surface area contributed by atoms with Gasteiger partial charge in [-0.05, 0) is 51.0 Å². The molecule has 2 aromatic rings. The number of halogens is 1. The lowest BCUT2D eigenvalue weighted by Gasteiger charge is -2.47. The molecule has 0 aliphatic carbocycles. The Morgan fingerprint density at radius 2 is 2.04 bits per heavy atom. The lowest BCUT2D eigenvalue weighted by atomic mass is 9.90. The van der Waals surface area contributed by atoms with Crippen LogP contribution in [0, 0.1) is 19.7 Å². The number of likely N-dealkylation sites (tertiary alicyclic amines) is 1. The molecule has 2 fully saturated rings. The number of carbonyl (C=O) groups excluding carboxylic acids is 2. The summed E-state index contributed by atoms with van der Waals surface area (Å²) in [6.07, 6.45) is 1.51. The number of aryl methyl sites for hydroxylation is 2. The van der Waals surface area contributed by atoms with Crippen LogP contribution in [0.5, 0.6) is 0 Å². The molecule has 148 valence electrons. The van der Waals surface area contributed by atoms with E-state index in [4.69, 9.17) is 9.15 Å². The number of carbonyl (C=O) groups is 2. The fraction of sp³-hybridized carbons (Fsp3) is 0.429. The second-order valence-electron chi connectivity index (χ2n) is 7.59. The number of piperidine rings is 1. The first-order chi connectivity index (χ1) is 13.4. The minimum Gasteiger partial charge on any atom is -0.466 e. The quantitative estimate of drug-likeness (QED) is 0.796. The number of amides is 2. The van der Waals surface area contributed by atoms with E-state index in [1.165, 1.54) is 12.1 Å². The Balaban J connectivity index is 1.56. The third kappa shape index (κ3) is 3.42. The summed E-state index contributed by atoms with van der Waals surface area (Å²) in [7, 11) is 0. The van der Waals surface area contributed by atoms with E-state index in [9.17, 15) is 14.0 Å². The number of hydrogen-bond acceptors (Lipinski definition) is 4. The van der Waals surface area contributed by atoms with Gasteiger partial charge in [0, 0.05) is 12.2 Å². The molecule has 0 saturated carbocycles. The van der Waals surface area contributed by atoms with E-state index in [1.54, 1.807) is 34.9 Å². The molecule has 1 spiro atoms. The van der Waals surface area contributed by atoms with Crippen molar-refractivity contribution in [1.29, 1.82) is 0 Å². The van der Waals surface area contributed by atoms with Gasteiger partial charge >= 0.3 is 0 Å². The van der Waals surface area contributed by atoms with Crippen molar-refractivity contribution in [3.63, 3.8) is 0 Å². The summed E-state index contributed by atoms with van der Waals surface area (Å²) < 4.78 is 25.1. The molecule has 1 aromatic carbocycles. The van der Waals surface area contributed by atoms with Crippen molar-refractivity contribution in [3.8, 4) is 0 Å². The number of rotatable bonds is 2. The van der Waals surface area contributed by atoms with Crippen molar-refractivity contribution in [1.82, 2.24) is 4.90 Å². The van der Waals surface area contributed by atoms with Crippen LogP contribution in [0.25, 0.3) is 0 Å². The largest absolute Gasteiger partial charge is 0.466 e. The standard InChI is InChI=1S/C21H23FN2O4/c1-14-9-18(15(2)28-14)20(26)23-8-4-7-21(12-23)13-24(19(25)11-27-21)17-6-3-5-16(22)10-17/h3,5-6,9-10H,4,7-8,11-13H2,1-2H3. The van der Waals surface area contributed by atoms with Crippen LogP contribution in [-0.4, -0.2) is 48.6 Å². The SMILES string of the molecule is Cc1cc(C(=O)N2CCCC3(C2)CN(c2cccc(F)c2)C(=O)CO3)c(C)o1. The third-order valence-corrected chi connectivity index (χ3v) is 5.47. The summed E-state index contributed by atoms with van der Waals surface area (Å²) in [5, 5.41) is 0. The van der Waals surface area contributed by atoms with Crippen molar-refractivity contribution < 1.29 is 23.1 Å². The predicted octanol–water partition coefficient (Wildman–Crippen LogP) is 3.07. The number of nitrogens with zero attached hydrogens (tertiary/aromatic N) is 2. The lowest BCUT2D eigenvalue weighted by Crippen LogP contribution is -2.62. The molecule has 0 radical (unpaired) electrons. The van der Waals surface area contributed by atoms with Gasteiger partial charge in [-0.2, -0.15) is 0 Å². The number of benzene rings is 1. The maximum Gasteiger partial charge on any atom is 0.257 e. The normalized spacial score (nSPS) is 22.8. The smallest absolute Gasteiger partial charge is 0.257 e. The molecular weight excluding hydrogens is 363 g/mol. The molecule has 4 rings (SSSR count). The molecule has 1 unspecified atom stereocenters. The highest BCUT2D eigenvalue weighted by molar-refractivity contribution is 5.96. The van der Waals surface area contributed by atoms with Crippen LogP contribution in [0.3, 0.4) is 0 Å². The Bertz CT molecular complexity index is 925. The summed E-state index contributed by atoms with van der Waals surface area (Å²) in [5.41, 5.74) is 0.418. The van der Waals surface area contributed by atoms with Crippen molar-refractivity contribution in [2.45, 2.75) is 32.3 Å². The van der Waals surface area contributed by atoms with Gasteiger partial charge in [-0.25, -0.2) is 4.39 Å². The van der Waals surface area contributed by atoms with Crippen LogP contribution >= 0.6 is 0 Å². The summed E-state index contributed by atoms with van der Waals surface area (Å²) in [4.78, 5) is 28.7. The first kappa shape index (κ1) is 18.7. The number of ether oxygens (including phenoxy) is 1. The van der Waals surface area contributed by atoms with Gasteiger partial charge in [-0.15, -0.1) is 0 Å². The minimum absolute atomic E-state index is 0.0810. The number of hydrogen-bond donors (Lipinski definition) is 0. The Morgan fingerprint density at radius 3 is 2.75 bits per heavy atom. The molecular formula is C21H23FN2O4. The van der Waals surface area contributed by atoms with E-state index in [1.807, 2.05) is 6.92 Å². The average Bonchev–Trinajstić information content (AvgIpc) is 3.01. The van der Waals surface area contributed by atoms with Gasteiger partial charge in [-0.3, -0.25) is 9.59 Å². The van der Waals surface area contributed by atoms with Crippen molar-refractivity contribution in [2.24, 2.45) is 0 Å². The number of anilines is 1. The summed E-state index contributed by atoms with van der Waals surface area (Å²) in [6.45, 7) is 4.82. The highest BCUT2D eigenvalue weighted by Gasteiger charge is 2.44. The fourth-order valence-corrected chi connectivity index (χ4v) is 4.13. The third-order valence-electron chi connectivity index (χ3n) is 5.47. The second kappa shape index (κ2) is 7.05. The Kier molecular flexibility index (Phi) is 4.71. The molecule has 28 heavy (non-hydrogen) atoms. The number of furan rings is 1. The van der Waals surface area contributed by atoms with Gasteiger partial charge in [-0.1, -0.05) is 6.07 Å². The molecule has 7 heteroatoms. The van der Waals surface area contributed by atoms with Crippen molar-refractivity contribution in [2.75, 3.05) is 31.1 Å². The second-order valence-corrected chi connectivity index (χ2v) is 7.59. The zero-order valence-electron chi connectivity index (χ0n) is 16.0. The topological polar surface area (TPSA) is 63.0 Å². The zero-order chi connectivity index (χ0) is 19.9. The van der Waals surface area contributed by atoms with Crippen LogP contribution in [0.4, 0.5) is 10.1 Å². The highest BCUT2D eigenvalue weighted by Crippen LogP contribution is 2.33.